The van der Waals surface area contributed by atoms with Crippen LogP contribution in [0.2, 0.25) is 0 Å². The zero-order valence-corrected chi connectivity index (χ0v) is 14.3. The second kappa shape index (κ2) is 6.78. The van der Waals surface area contributed by atoms with E-state index < -0.39 is 0 Å². The minimum absolute atomic E-state index is 1.24. The molecule has 4 rings (SSSR count). The number of rotatable bonds is 3. The molecule has 0 spiro atoms. The first kappa shape index (κ1) is 15.4. The molecule has 0 aliphatic rings. The Morgan fingerprint density at radius 2 is 0.760 bits per heavy atom. The molecule has 0 heteroatoms. The summed E-state index contributed by atoms with van der Waals surface area (Å²) in [5, 5.41) is 0. The van der Waals surface area contributed by atoms with Gasteiger partial charge in [-0.25, -0.2) is 0 Å². The van der Waals surface area contributed by atoms with Crippen LogP contribution < -0.4 is 0 Å². The number of benzene rings is 4. The lowest BCUT2D eigenvalue weighted by Crippen LogP contribution is -1.83. The molecule has 0 saturated carbocycles. The van der Waals surface area contributed by atoms with E-state index in [0.29, 0.717) is 0 Å². The average molecular weight is 320 g/mol. The van der Waals surface area contributed by atoms with Gasteiger partial charge in [-0.3, -0.25) is 0 Å². The van der Waals surface area contributed by atoms with E-state index in [9.17, 15) is 0 Å². The minimum atomic E-state index is 1.24. The lowest BCUT2D eigenvalue weighted by molar-refractivity contribution is 1.47. The third kappa shape index (κ3) is 3.39. The van der Waals surface area contributed by atoms with Crippen molar-refractivity contribution in [3.63, 3.8) is 0 Å². The van der Waals surface area contributed by atoms with E-state index in [1.807, 2.05) is 0 Å². The van der Waals surface area contributed by atoms with E-state index in [0.717, 1.165) is 0 Å². The van der Waals surface area contributed by atoms with Gasteiger partial charge in [0.05, 0.1) is 0 Å². The van der Waals surface area contributed by atoms with Crippen LogP contribution in [-0.2, 0) is 0 Å². The van der Waals surface area contributed by atoms with Crippen molar-refractivity contribution in [2.45, 2.75) is 6.92 Å². The van der Waals surface area contributed by atoms with Gasteiger partial charge >= 0.3 is 0 Å². The molecule has 0 aliphatic heterocycles. The molecule has 0 aromatic heterocycles. The number of hydrogen-bond acceptors (Lipinski definition) is 0. The van der Waals surface area contributed by atoms with Crippen molar-refractivity contribution in [2.75, 3.05) is 0 Å². The summed E-state index contributed by atoms with van der Waals surface area (Å²) in [4.78, 5) is 0. The fraction of sp³-hybridized carbons (Fsp3) is 0.0400. The fourth-order valence-electron chi connectivity index (χ4n) is 3.11. The van der Waals surface area contributed by atoms with Crippen LogP contribution in [0.1, 0.15) is 5.56 Å². The zero-order chi connectivity index (χ0) is 17.1. The predicted octanol–water partition coefficient (Wildman–Crippen LogP) is 7.00. The van der Waals surface area contributed by atoms with E-state index >= 15 is 0 Å². The van der Waals surface area contributed by atoms with Crippen molar-refractivity contribution in [3.8, 4) is 33.4 Å². The highest BCUT2D eigenvalue weighted by molar-refractivity contribution is 5.75. The first-order valence-electron chi connectivity index (χ1n) is 8.62. The summed E-state index contributed by atoms with van der Waals surface area (Å²) >= 11 is 0. The normalized spacial score (nSPS) is 10.6. The summed E-state index contributed by atoms with van der Waals surface area (Å²) in [6, 6.07) is 36.8. The molecule has 0 fully saturated rings. The first-order chi connectivity index (χ1) is 12.3. The predicted molar refractivity (Wildman–Crippen MR) is 107 cm³/mol. The smallest absolute Gasteiger partial charge is 0.0178 e. The second-order valence-corrected chi connectivity index (χ2v) is 6.39. The molecule has 0 heterocycles. The lowest BCUT2D eigenvalue weighted by Gasteiger charge is -2.08. The van der Waals surface area contributed by atoms with E-state index in [2.05, 4.69) is 110 Å². The fourth-order valence-corrected chi connectivity index (χ4v) is 3.11. The summed E-state index contributed by atoms with van der Waals surface area (Å²) in [5.74, 6) is 0. The average Bonchev–Trinajstić information content (AvgIpc) is 2.70. The van der Waals surface area contributed by atoms with Crippen LogP contribution in [0.3, 0.4) is 0 Å². The van der Waals surface area contributed by atoms with Crippen molar-refractivity contribution < 1.29 is 0 Å². The molecule has 0 radical (unpaired) electrons. The van der Waals surface area contributed by atoms with Gasteiger partial charge in [-0.15, -0.1) is 0 Å². The van der Waals surface area contributed by atoms with E-state index in [4.69, 9.17) is 0 Å². The number of aryl methyl sites for hydroxylation is 1. The molecule has 0 nitrogen and oxygen atoms in total. The molecule has 4 aromatic rings. The molecule has 0 saturated heterocycles. The summed E-state index contributed by atoms with van der Waals surface area (Å²) in [6.45, 7) is 2.12. The Bertz CT molecular complexity index is 962. The molecular weight excluding hydrogens is 300 g/mol. The van der Waals surface area contributed by atoms with Crippen LogP contribution in [0, 0.1) is 6.92 Å². The van der Waals surface area contributed by atoms with Crippen molar-refractivity contribution in [1.82, 2.24) is 0 Å². The molecule has 0 unspecified atom stereocenters. The van der Waals surface area contributed by atoms with Crippen LogP contribution >= 0.6 is 0 Å². The molecule has 0 N–H and O–H groups in total. The molecular formula is C25H20. The summed E-state index contributed by atoms with van der Waals surface area (Å²) < 4.78 is 0. The topological polar surface area (TPSA) is 0 Å². The Balaban J connectivity index is 1.65. The summed E-state index contributed by atoms with van der Waals surface area (Å²) in [5.41, 5.74) is 8.79. The van der Waals surface area contributed by atoms with Crippen molar-refractivity contribution in [2.24, 2.45) is 0 Å². The van der Waals surface area contributed by atoms with E-state index in [1.54, 1.807) is 0 Å². The molecule has 0 aliphatic carbocycles. The molecule has 25 heavy (non-hydrogen) atoms. The van der Waals surface area contributed by atoms with Crippen LogP contribution in [0.4, 0.5) is 0 Å². The van der Waals surface area contributed by atoms with Crippen LogP contribution in [0.5, 0.6) is 0 Å². The second-order valence-electron chi connectivity index (χ2n) is 6.39. The Hall–Kier alpha value is -3.12. The van der Waals surface area contributed by atoms with Gasteiger partial charge in [0.15, 0.2) is 0 Å². The highest BCUT2D eigenvalue weighted by atomic mass is 14.1. The summed E-state index contributed by atoms with van der Waals surface area (Å²) in [6.07, 6.45) is 0. The van der Waals surface area contributed by atoms with Gasteiger partial charge in [0.1, 0.15) is 0 Å². The van der Waals surface area contributed by atoms with Crippen molar-refractivity contribution in [3.05, 3.63) is 109 Å². The highest BCUT2D eigenvalue weighted by Gasteiger charge is 2.03. The van der Waals surface area contributed by atoms with Gasteiger partial charge in [0, 0.05) is 0 Å². The van der Waals surface area contributed by atoms with Crippen molar-refractivity contribution >= 4 is 0 Å². The third-order valence-electron chi connectivity index (χ3n) is 4.57. The third-order valence-corrected chi connectivity index (χ3v) is 4.57. The lowest BCUT2D eigenvalue weighted by atomic mass is 9.97. The molecule has 0 amide bonds. The van der Waals surface area contributed by atoms with Crippen LogP contribution in [0.15, 0.2) is 103 Å². The van der Waals surface area contributed by atoms with Gasteiger partial charge < -0.3 is 0 Å². The maximum Gasteiger partial charge on any atom is -0.0178 e. The number of hydrogen-bond donors (Lipinski definition) is 0. The van der Waals surface area contributed by atoms with Gasteiger partial charge in [0.25, 0.3) is 0 Å². The standard InChI is InChI=1S/C25H20/c1-19-10-12-21(13-11-19)22-14-16-23(17-15-22)25-9-5-8-24(18-25)20-6-3-2-4-7-20/h2-18H,1H3. The molecule has 0 bridgehead atoms. The molecule has 4 aromatic carbocycles. The quantitative estimate of drug-likeness (QED) is 0.381. The Morgan fingerprint density at radius 3 is 1.32 bits per heavy atom. The molecule has 120 valence electrons. The van der Waals surface area contributed by atoms with Gasteiger partial charge in [0.2, 0.25) is 0 Å². The summed E-state index contributed by atoms with van der Waals surface area (Å²) in [7, 11) is 0. The van der Waals surface area contributed by atoms with Gasteiger partial charge in [-0.2, -0.15) is 0 Å². The largest absolute Gasteiger partial charge is 0.0622 e. The van der Waals surface area contributed by atoms with Crippen LogP contribution in [-0.4, -0.2) is 0 Å². The maximum absolute atomic E-state index is 2.26. The molecule has 0 atom stereocenters. The minimum Gasteiger partial charge on any atom is -0.0622 e. The van der Waals surface area contributed by atoms with Crippen LogP contribution in [0.25, 0.3) is 33.4 Å². The first-order valence-corrected chi connectivity index (χ1v) is 8.62. The van der Waals surface area contributed by atoms with Crippen molar-refractivity contribution in [1.29, 1.82) is 0 Å². The Morgan fingerprint density at radius 1 is 0.360 bits per heavy atom. The highest BCUT2D eigenvalue weighted by Crippen LogP contribution is 2.28. The zero-order valence-electron chi connectivity index (χ0n) is 14.3. The van der Waals surface area contributed by atoms with E-state index in [1.165, 1.54) is 38.9 Å². The van der Waals surface area contributed by atoms with E-state index in [-0.39, 0.29) is 0 Å². The Labute approximate surface area is 149 Å². The maximum atomic E-state index is 2.26. The van der Waals surface area contributed by atoms with Gasteiger partial charge in [-0.05, 0) is 46.4 Å². The monoisotopic (exact) mass is 320 g/mol. The Kier molecular flexibility index (Phi) is 4.18. The SMILES string of the molecule is Cc1ccc(-c2ccc(-c3cccc(-c4ccccc4)c3)cc2)cc1. The van der Waals surface area contributed by atoms with Gasteiger partial charge in [-0.1, -0.05) is 103 Å².